The van der Waals surface area contributed by atoms with Crippen LogP contribution in [0.5, 0.6) is 5.75 Å². The fourth-order valence-corrected chi connectivity index (χ4v) is 5.83. The average molecular weight is 499 g/mol. The van der Waals surface area contributed by atoms with E-state index in [4.69, 9.17) is 4.74 Å². The zero-order valence-corrected chi connectivity index (χ0v) is 21.9. The van der Waals surface area contributed by atoms with E-state index in [0.717, 1.165) is 81.8 Å². The van der Waals surface area contributed by atoms with Gasteiger partial charge in [0, 0.05) is 11.6 Å². The van der Waals surface area contributed by atoms with Gasteiger partial charge < -0.3 is 4.74 Å². The number of rotatable bonds is 10. The average Bonchev–Trinajstić information content (AvgIpc) is 2.89. The summed E-state index contributed by atoms with van der Waals surface area (Å²) in [5, 5.41) is 0. The molecule has 0 aromatic heterocycles. The predicted molar refractivity (Wildman–Crippen MR) is 142 cm³/mol. The highest BCUT2D eigenvalue weighted by Gasteiger charge is 2.25. The maximum atomic E-state index is 14.9. The molecule has 0 spiro atoms. The Morgan fingerprint density at radius 1 is 0.917 bits per heavy atom. The van der Waals surface area contributed by atoms with Crippen LogP contribution in [0.1, 0.15) is 107 Å². The molecule has 2 aromatic carbocycles. The third-order valence-electron chi connectivity index (χ3n) is 8.28. The minimum Gasteiger partial charge on any atom is -0.493 e. The van der Waals surface area contributed by atoms with Crippen LogP contribution < -0.4 is 4.74 Å². The Balaban J connectivity index is 1.27. The van der Waals surface area contributed by atoms with Gasteiger partial charge in [0.2, 0.25) is 0 Å². The Kier molecular flexibility index (Phi) is 9.56. The van der Waals surface area contributed by atoms with Crippen molar-refractivity contribution in [2.45, 2.75) is 96.8 Å². The largest absolute Gasteiger partial charge is 0.493 e. The van der Waals surface area contributed by atoms with E-state index in [1.807, 2.05) is 12.1 Å². The third kappa shape index (κ3) is 6.75. The fourth-order valence-electron chi connectivity index (χ4n) is 5.83. The van der Waals surface area contributed by atoms with Gasteiger partial charge in [0.05, 0.1) is 6.61 Å². The lowest BCUT2D eigenvalue weighted by molar-refractivity contribution is 0.298. The van der Waals surface area contributed by atoms with Crippen LogP contribution in [0.25, 0.3) is 5.57 Å². The minimum absolute atomic E-state index is 0.174. The van der Waals surface area contributed by atoms with Gasteiger partial charge in [-0.2, -0.15) is 0 Å². The van der Waals surface area contributed by atoms with Crippen LogP contribution in [0, 0.1) is 29.3 Å². The molecule has 4 rings (SSSR count). The smallest absolute Gasteiger partial charge is 0.166 e. The monoisotopic (exact) mass is 498 g/mol. The first kappa shape index (κ1) is 26.8. The molecular weight excluding hydrogens is 457 g/mol. The molecule has 196 valence electrons. The lowest BCUT2D eigenvalue weighted by Crippen LogP contribution is -2.15. The maximum absolute atomic E-state index is 14.9. The highest BCUT2D eigenvalue weighted by atomic mass is 19.2. The van der Waals surface area contributed by atoms with Crippen molar-refractivity contribution in [1.82, 2.24) is 0 Å². The van der Waals surface area contributed by atoms with Crippen LogP contribution in [0.3, 0.4) is 0 Å². The molecule has 1 nitrogen and oxygen atoms in total. The first-order chi connectivity index (χ1) is 17.5. The van der Waals surface area contributed by atoms with Crippen LogP contribution in [0.2, 0.25) is 0 Å². The number of benzene rings is 2. The summed E-state index contributed by atoms with van der Waals surface area (Å²) < 4.78 is 50.2. The SMILES string of the molecule is CCCCCOc1ccc(C2CCC(CCc3ccc(C4=CCC(C)CC4)c(F)c3F)CC2)c(F)c1. The van der Waals surface area contributed by atoms with E-state index in [1.54, 1.807) is 12.1 Å². The third-order valence-corrected chi connectivity index (χ3v) is 8.28. The Labute approximate surface area is 215 Å². The second-order valence-electron chi connectivity index (χ2n) is 11.0. The number of hydrogen-bond donors (Lipinski definition) is 0. The minimum atomic E-state index is -0.690. The normalized spacial score (nSPS) is 22.4. The molecule has 1 unspecified atom stereocenters. The van der Waals surface area contributed by atoms with Gasteiger partial charge in [-0.15, -0.1) is 0 Å². The molecular formula is C32H41F3O. The van der Waals surface area contributed by atoms with E-state index >= 15 is 0 Å². The van der Waals surface area contributed by atoms with E-state index in [-0.39, 0.29) is 11.7 Å². The fraction of sp³-hybridized carbons (Fsp3) is 0.562. The van der Waals surface area contributed by atoms with Crippen LogP contribution in [0.4, 0.5) is 13.2 Å². The first-order valence-electron chi connectivity index (χ1n) is 14.0. The van der Waals surface area contributed by atoms with Gasteiger partial charge in [0.25, 0.3) is 0 Å². The first-order valence-corrected chi connectivity index (χ1v) is 14.0. The van der Waals surface area contributed by atoms with Crippen molar-refractivity contribution in [3.05, 3.63) is 70.5 Å². The number of halogens is 3. The van der Waals surface area contributed by atoms with Crippen molar-refractivity contribution in [1.29, 1.82) is 0 Å². The van der Waals surface area contributed by atoms with E-state index in [1.165, 1.54) is 6.07 Å². The molecule has 4 heteroatoms. The summed E-state index contributed by atoms with van der Waals surface area (Å²) in [7, 11) is 0. The van der Waals surface area contributed by atoms with Crippen molar-refractivity contribution >= 4 is 5.57 Å². The molecule has 0 amide bonds. The van der Waals surface area contributed by atoms with Gasteiger partial charge in [-0.05, 0) is 105 Å². The summed E-state index contributed by atoms with van der Waals surface area (Å²) in [4.78, 5) is 0. The zero-order chi connectivity index (χ0) is 25.5. The lowest BCUT2D eigenvalue weighted by atomic mass is 9.76. The molecule has 0 saturated heterocycles. The van der Waals surface area contributed by atoms with E-state index in [0.29, 0.717) is 41.7 Å². The quantitative estimate of drug-likeness (QED) is 0.296. The van der Waals surface area contributed by atoms with Crippen molar-refractivity contribution in [3.63, 3.8) is 0 Å². The molecule has 1 atom stereocenters. The van der Waals surface area contributed by atoms with E-state index < -0.39 is 11.6 Å². The molecule has 0 radical (unpaired) electrons. The van der Waals surface area contributed by atoms with E-state index in [2.05, 4.69) is 19.9 Å². The molecule has 0 N–H and O–H groups in total. The predicted octanol–water partition coefficient (Wildman–Crippen LogP) is 9.78. The molecule has 36 heavy (non-hydrogen) atoms. The summed E-state index contributed by atoms with van der Waals surface area (Å²) in [5.74, 6) is 0.360. The molecule has 2 aliphatic carbocycles. The lowest BCUT2D eigenvalue weighted by Gasteiger charge is -2.29. The van der Waals surface area contributed by atoms with Gasteiger partial charge in [0.1, 0.15) is 11.6 Å². The zero-order valence-electron chi connectivity index (χ0n) is 21.9. The van der Waals surface area contributed by atoms with Gasteiger partial charge in [-0.3, -0.25) is 0 Å². The molecule has 0 aliphatic heterocycles. The Hall–Kier alpha value is -2.23. The summed E-state index contributed by atoms with van der Waals surface area (Å²) in [6.07, 6.45) is 13.3. The van der Waals surface area contributed by atoms with Crippen LogP contribution >= 0.6 is 0 Å². The number of hydrogen-bond acceptors (Lipinski definition) is 1. The molecule has 1 saturated carbocycles. The van der Waals surface area contributed by atoms with Gasteiger partial charge >= 0.3 is 0 Å². The number of ether oxygens (including phenoxy) is 1. The molecule has 2 aliphatic rings. The van der Waals surface area contributed by atoms with Crippen molar-refractivity contribution < 1.29 is 17.9 Å². The van der Waals surface area contributed by atoms with Crippen LogP contribution in [-0.4, -0.2) is 6.61 Å². The van der Waals surface area contributed by atoms with Crippen LogP contribution in [-0.2, 0) is 6.42 Å². The number of aryl methyl sites for hydroxylation is 1. The van der Waals surface area contributed by atoms with Gasteiger partial charge in [0.15, 0.2) is 11.6 Å². The molecule has 0 bridgehead atoms. The molecule has 0 heterocycles. The Morgan fingerprint density at radius 3 is 2.42 bits per heavy atom. The summed E-state index contributed by atoms with van der Waals surface area (Å²) in [6.45, 7) is 4.97. The maximum Gasteiger partial charge on any atom is 0.166 e. The second-order valence-corrected chi connectivity index (χ2v) is 11.0. The van der Waals surface area contributed by atoms with Crippen molar-refractivity contribution in [2.24, 2.45) is 11.8 Å². The highest BCUT2D eigenvalue weighted by Crippen LogP contribution is 2.39. The standard InChI is InChI=1S/C32H41F3O/c1-3-4-5-20-36-27-17-19-28(30(33)21-27)24-13-8-23(9-14-24)10-15-26-16-18-29(32(35)31(26)34)25-11-6-22(2)7-12-25/h11,16-19,21-24H,3-10,12-15,20H2,1-2H3. The topological polar surface area (TPSA) is 9.23 Å². The summed E-state index contributed by atoms with van der Waals surface area (Å²) in [6, 6.07) is 8.85. The summed E-state index contributed by atoms with van der Waals surface area (Å²) >= 11 is 0. The van der Waals surface area contributed by atoms with Gasteiger partial charge in [-0.25, -0.2) is 13.2 Å². The van der Waals surface area contributed by atoms with E-state index in [9.17, 15) is 13.2 Å². The molecule has 2 aromatic rings. The number of allylic oxidation sites excluding steroid dienone is 2. The van der Waals surface area contributed by atoms with Crippen LogP contribution in [0.15, 0.2) is 36.4 Å². The molecule has 1 fully saturated rings. The van der Waals surface area contributed by atoms with Gasteiger partial charge in [-0.1, -0.05) is 51.0 Å². The Morgan fingerprint density at radius 2 is 1.72 bits per heavy atom. The Bertz CT molecular complexity index is 1040. The second kappa shape index (κ2) is 12.8. The number of unbranched alkanes of at least 4 members (excludes halogenated alkanes) is 2. The van der Waals surface area contributed by atoms with Crippen molar-refractivity contribution in [2.75, 3.05) is 6.61 Å². The van der Waals surface area contributed by atoms with Crippen molar-refractivity contribution in [3.8, 4) is 5.75 Å². The highest BCUT2D eigenvalue weighted by molar-refractivity contribution is 5.67. The summed E-state index contributed by atoms with van der Waals surface area (Å²) in [5.41, 5.74) is 2.63.